The second kappa shape index (κ2) is 5.82. The highest BCUT2D eigenvalue weighted by molar-refractivity contribution is 9.10. The number of aromatic amines is 1. The Labute approximate surface area is 131 Å². The van der Waals surface area contributed by atoms with Gasteiger partial charge >= 0.3 is 5.69 Å². The van der Waals surface area contributed by atoms with Gasteiger partial charge in [0, 0.05) is 16.6 Å². The lowest BCUT2D eigenvalue weighted by Gasteiger charge is -2.09. The first-order valence-electron chi connectivity index (χ1n) is 5.84. The van der Waals surface area contributed by atoms with Crippen molar-refractivity contribution in [2.75, 3.05) is 0 Å². The van der Waals surface area contributed by atoms with Crippen molar-refractivity contribution in [1.82, 2.24) is 9.55 Å². The standard InChI is InChI=1S/C12H9BrClN3O4/c1-2-7-10(14)15-12(19)16(11(7)18)9-5-6(17(20)21)3-4-8(9)13/h3-5H,2H2,1H3,(H,15,19). The van der Waals surface area contributed by atoms with Gasteiger partial charge in [0.1, 0.15) is 5.15 Å². The van der Waals surface area contributed by atoms with Crippen LogP contribution in [-0.4, -0.2) is 14.5 Å². The van der Waals surface area contributed by atoms with E-state index in [0.29, 0.717) is 10.9 Å². The summed E-state index contributed by atoms with van der Waals surface area (Å²) in [5.74, 6) is 0. The summed E-state index contributed by atoms with van der Waals surface area (Å²) in [5.41, 5.74) is -1.28. The zero-order valence-electron chi connectivity index (χ0n) is 10.7. The van der Waals surface area contributed by atoms with Crippen molar-refractivity contribution in [3.63, 3.8) is 0 Å². The van der Waals surface area contributed by atoms with Gasteiger partial charge in [-0.2, -0.15) is 0 Å². The Morgan fingerprint density at radius 3 is 2.67 bits per heavy atom. The number of hydrogen-bond donors (Lipinski definition) is 1. The average Bonchev–Trinajstić information content (AvgIpc) is 2.40. The molecule has 9 heteroatoms. The van der Waals surface area contributed by atoms with Crippen molar-refractivity contribution < 1.29 is 4.92 Å². The molecule has 0 radical (unpaired) electrons. The highest BCUT2D eigenvalue weighted by atomic mass is 79.9. The summed E-state index contributed by atoms with van der Waals surface area (Å²) in [7, 11) is 0. The van der Waals surface area contributed by atoms with Gasteiger partial charge in [-0.1, -0.05) is 18.5 Å². The SMILES string of the molecule is CCc1c(Cl)[nH]c(=O)n(-c2cc([N+](=O)[O-])ccc2Br)c1=O. The van der Waals surface area contributed by atoms with Crippen molar-refractivity contribution in [2.24, 2.45) is 0 Å². The van der Waals surface area contributed by atoms with Gasteiger partial charge in [-0.15, -0.1) is 0 Å². The molecule has 0 spiro atoms. The van der Waals surface area contributed by atoms with Crippen LogP contribution >= 0.6 is 27.5 Å². The zero-order chi connectivity index (χ0) is 15.7. The minimum Gasteiger partial charge on any atom is -0.297 e. The molecule has 0 aliphatic rings. The van der Waals surface area contributed by atoms with Crippen LogP contribution < -0.4 is 11.2 Å². The quantitative estimate of drug-likeness (QED) is 0.507. The molecule has 1 N–H and O–H groups in total. The first-order valence-corrected chi connectivity index (χ1v) is 7.02. The van der Waals surface area contributed by atoms with Gasteiger partial charge in [-0.05, 0) is 28.4 Å². The largest absolute Gasteiger partial charge is 0.334 e. The van der Waals surface area contributed by atoms with Crippen LogP contribution in [0.4, 0.5) is 5.69 Å². The van der Waals surface area contributed by atoms with Crippen LogP contribution in [0, 0.1) is 10.1 Å². The van der Waals surface area contributed by atoms with Crippen molar-refractivity contribution >= 4 is 33.2 Å². The lowest BCUT2D eigenvalue weighted by molar-refractivity contribution is -0.384. The number of aromatic nitrogens is 2. The van der Waals surface area contributed by atoms with Gasteiger partial charge in [-0.3, -0.25) is 19.9 Å². The van der Waals surface area contributed by atoms with Crippen molar-refractivity contribution in [3.8, 4) is 5.69 Å². The second-order valence-electron chi connectivity index (χ2n) is 4.11. The van der Waals surface area contributed by atoms with Crippen LogP contribution in [0.5, 0.6) is 0 Å². The molecule has 1 aromatic heterocycles. The molecule has 0 unspecified atom stereocenters. The van der Waals surface area contributed by atoms with Gasteiger partial charge in [0.25, 0.3) is 11.2 Å². The average molecular weight is 375 g/mol. The number of non-ortho nitro benzene ring substituents is 1. The number of H-pyrrole nitrogens is 1. The van der Waals surface area contributed by atoms with Crippen molar-refractivity contribution in [3.05, 3.63) is 64.3 Å². The fourth-order valence-corrected chi connectivity index (χ4v) is 2.58. The van der Waals surface area contributed by atoms with Crippen LogP contribution in [0.2, 0.25) is 5.15 Å². The van der Waals surface area contributed by atoms with E-state index in [2.05, 4.69) is 20.9 Å². The first kappa shape index (κ1) is 15.5. The van der Waals surface area contributed by atoms with E-state index in [1.807, 2.05) is 0 Å². The summed E-state index contributed by atoms with van der Waals surface area (Å²) in [4.78, 5) is 36.9. The minimum absolute atomic E-state index is 0.0229. The molecule has 0 aliphatic heterocycles. The third kappa shape index (κ3) is 2.77. The van der Waals surface area contributed by atoms with Crippen LogP contribution in [0.15, 0.2) is 32.3 Å². The fourth-order valence-electron chi connectivity index (χ4n) is 1.86. The smallest absolute Gasteiger partial charge is 0.297 e. The number of nitro groups is 1. The number of nitrogens with one attached hydrogen (secondary N) is 1. The molecule has 0 bridgehead atoms. The summed E-state index contributed by atoms with van der Waals surface area (Å²) in [6.07, 6.45) is 0.320. The summed E-state index contributed by atoms with van der Waals surface area (Å²) < 4.78 is 1.20. The third-order valence-electron chi connectivity index (χ3n) is 2.88. The van der Waals surface area contributed by atoms with E-state index < -0.39 is 16.2 Å². The van der Waals surface area contributed by atoms with Crippen LogP contribution in [0.1, 0.15) is 12.5 Å². The van der Waals surface area contributed by atoms with Gasteiger partial charge < -0.3 is 0 Å². The Balaban J connectivity index is 2.85. The number of benzene rings is 1. The Morgan fingerprint density at radius 1 is 1.43 bits per heavy atom. The highest BCUT2D eigenvalue weighted by Gasteiger charge is 2.17. The van der Waals surface area contributed by atoms with Crippen LogP contribution in [-0.2, 0) is 6.42 Å². The van der Waals surface area contributed by atoms with Crippen molar-refractivity contribution in [2.45, 2.75) is 13.3 Å². The maximum atomic E-state index is 12.3. The minimum atomic E-state index is -0.761. The molecule has 0 saturated heterocycles. The number of rotatable bonds is 3. The molecule has 0 fully saturated rings. The van der Waals surface area contributed by atoms with E-state index in [-0.39, 0.29) is 22.1 Å². The Kier molecular flexibility index (Phi) is 4.29. The fraction of sp³-hybridized carbons (Fsp3) is 0.167. The van der Waals surface area contributed by atoms with Gasteiger partial charge in [0.05, 0.1) is 16.2 Å². The van der Waals surface area contributed by atoms with Gasteiger partial charge in [0.15, 0.2) is 0 Å². The molecular formula is C12H9BrClN3O4. The number of nitro benzene ring substituents is 1. The maximum Gasteiger partial charge on any atom is 0.334 e. The molecule has 110 valence electrons. The zero-order valence-corrected chi connectivity index (χ0v) is 13.1. The molecule has 2 rings (SSSR count). The van der Waals surface area contributed by atoms with Gasteiger partial charge in [-0.25, -0.2) is 9.36 Å². The third-order valence-corrected chi connectivity index (χ3v) is 3.87. The van der Waals surface area contributed by atoms with E-state index in [4.69, 9.17) is 11.6 Å². The first-order chi connectivity index (χ1) is 9.86. The predicted octanol–water partition coefficient (Wildman–Crippen LogP) is 2.41. The maximum absolute atomic E-state index is 12.3. The Bertz CT molecular complexity index is 843. The molecule has 21 heavy (non-hydrogen) atoms. The summed E-state index contributed by atoms with van der Waals surface area (Å²) in [5, 5.41) is 10.8. The lowest BCUT2D eigenvalue weighted by atomic mass is 10.2. The molecule has 0 saturated carbocycles. The van der Waals surface area contributed by atoms with E-state index in [9.17, 15) is 19.7 Å². The van der Waals surface area contributed by atoms with Crippen LogP contribution in [0.3, 0.4) is 0 Å². The molecule has 0 amide bonds. The molecule has 1 heterocycles. The second-order valence-corrected chi connectivity index (χ2v) is 5.34. The summed E-state index contributed by atoms with van der Waals surface area (Å²) >= 11 is 9.01. The van der Waals surface area contributed by atoms with E-state index in [1.54, 1.807) is 6.92 Å². The molecule has 0 atom stereocenters. The molecular weight excluding hydrogens is 366 g/mol. The lowest BCUT2D eigenvalue weighted by Crippen LogP contribution is -2.36. The predicted molar refractivity (Wildman–Crippen MR) is 81.4 cm³/mol. The molecule has 7 nitrogen and oxygen atoms in total. The number of hydrogen-bond acceptors (Lipinski definition) is 4. The van der Waals surface area contributed by atoms with E-state index in [1.165, 1.54) is 12.1 Å². The topological polar surface area (TPSA) is 98.0 Å². The van der Waals surface area contributed by atoms with E-state index >= 15 is 0 Å². The molecule has 2 aromatic rings. The van der Waals surface area contributed by atoms with Crippen molar-refractivity contribution in [1.29, 1.82) is 0 Å². The Hall–Kier alpha value is -1.93. The Morgan fingerprint density at radius 2 is 2.10 bits per heavy atom. The normalized spacial score (nSPS) is 10.6. The number of nitrogens with zero attached hydrogens (tertiary/aromatic N) is 2. The highest BCUT2D eigenvalue weighted by Crippen LogP contribution is 2.24. The molecule has 1 aromatic carbocycles. The van der Waals surface area contributed by atoms with Gasteiger partial charge in [0.2, 0.25) is 0 Å². The summed E-state index contributed by atoms with van der Waals surface area (Å²) in [6.45, 7) is 1.72. The summed E-state index contributed by atoms with van der Waals surface area (Å²) in [6, 6.07) is 3.82. The molecule has 0 aliphatic carbocycles. The number of halogens is 2. The van der Waals surface area contributed by atoms with E-state index in [0.717, 1.165) is 10.6 Å². The van der Waals surface area contributed by atoms with Crippen LogP contribution in [0.25, 0.3) is 5.69 Å². The monoisotopic (exact) mass is 373 g/mol.